The summed E-state index contributed by atoms with van der Waals surface area (Å²) in [5.74, 6) is -3.12. The molecule has 0 bridgehead atoms. The summed E-state index contributed by atoms with van der Waals surface area (Å²) in [6, 6.07) is 3.45. The normalized spacial score (nSPS) is 11.2. The first-order chi connectivity index (χ1) is 9.41. The molecule has 3 aromatic rings. The van der Waals surface area contributed by atoms with Crippen LogP contribution >= 0.6 is 0 Å². The van der Waals surface area contributed by atoms with Crippen LogP contribution in [0.3, 0.4) is 0 Å². The minimum Gasteiger partial charge on any atom is -0.504 e. The second-order valence-corrected chi connectivity index (χ2v) is 4.33. The fourth-order valence-electron chi connectivity index (χ4n) is 2.12. The van der Waals surface area contributed by atoms with Crippen molar-refractivity contribution in [1.29, 1.82) is 0 Å². The SMILES string of the molecule is O=c1c2ccc(O)c(O)c2[nH]c2c(O)c(O)c(O)cc12. The van der Waals surface area contributed by atoms with Gasteiger partial charge in [0.2, 0.25) is 5.75 Å². The number of rotatable bonds is 0. The zero-order valence-electron chi connectivity index (χ0n) is 9.88. The lowest BCUT2D eigenvalue weighted by Crippen LogP contribution is -2.04. The summed E-state index contributed by atoms with van der Waals surface area (Å²) in [7, 11) is 0. The molecule has 7 heteroatoms. The molecule has 102 valence electrons. The van der Waals surface area contributed by atoms with Crippen LogP contribution in [0.25, 0.3) is 21.8 Å². The van der Waals surface area contributed by atoms with Crippen LogP contribution in [-0.4, -0.2) is 30.5 Å². The number of H-pyrrole nitrogens is 1. The molecule has 1 heterocycles. The first-order valence-electron chi connectivity index (χ1n) is 5.56. The van der Waals surface area contributed by atoms with E-state index < -0.39 is 34.2 Å². The number of fused-ring (bicyclic) bond motifs is 2. The molecule has 0 saturated heterocycles. The van der Waals surface area contributed by atoms with Crippen LogP contribution < -0.4 is 5.43 Å². The molecule has 7 nitrogen and oxygen atoms in total. The molecule has 0 aliphatic carbocycles. The second kappa shape index (κ2) is 3.70. The molecule has 3 rings (SSSR count). The lowest BCUT2D eigenvalue weighted by molar-refractivity contribution is 0.371. The van der Waals surface area contributed by atoms with E-state index in [9.17, 15) is 30.3 Å². The third kappa shape index (κ3) is 1.37. The summed E-state index contributed by atoms with van der Waals surface area (Å²) in [5.41, 5.74) is -0.809. The minimum absolute atomic E-state index is 0.0598. The molecule has 0 spiro atoms. The molecule has 0 unspecified atom stereocenters. The predicted molar refractivity (Wildman–Crippen MR) is 70.4 cm³/mol. The number of hydrogen-bond donors (Lipinski definition) is 6. The van der Waals surface area contributed by atoms with E-state index in [0.717, 1.165) is 12.1 Å². The van der Waals surface area contributed by atoms with Gasteiger partial charge in [-0.15, -0.1) is 0 Å². The van der Waals surface area contributed by atoms with Crippen molar-refractivity contribution in [2.24, 2.45) is 0 Å². The van der Waals surface area contributed by atoms with E-state index in [-0.39, 0.29) is 21.8 Å². The number of phenolic OH excluding ortho intramolecular Hbond substituents is 5. The number of aromatic amines is 1. The summed E-state index contributed by atoms with van der Waals surface area (Å²) in [6.45, 7) is 0. The molecule has 6 N–H and O–H groups in total. The molecule has 20 heavy (non-hydrogen) atoms. The lowest BCUT2D eigenvalue weighted by atomic mass is 10.1. The Labute approximate surface area is 110 Å². The number of phenols is 5. The van der Waals surface area contributed by atoms with Crippen molar-refractivity contribution < 1.29 is 25.5 Å². The van der Waals surface area contributed by atoms with Gasteiger partial charge < -0.3 is 30.5 Å². The monoisotopic (exact) mass is 275 g/mol. The molecule has 0 amide bonds. The van der Waals surface area contributed by atoms with E-state index >= 15 is 0 Å². The van der Waals surface area contributed by atoms with Crippen molar-refractivity contribution in [2.75, 3.05) is 0 Å². The Morgan fingerprint density at radius 3 is 2.10 bits per heavy atom. The summed E-state index contributed by atoms with van der Waals surface area (Å²) in [6.07, 6.45) is 0. The van der Waals surface area contributed by atoms with Crippen LogP contribution in [0, 0.1) is 0 Å². The molecule has 0 aliphatic rings. The Kier molecular flexibility index (Phi) is 2.22. The number of pyridine rings is 1. The van der Waals surface area contributed by atoms with Gasteiger partial charge in [-0.1, -0.05) is 0 Å². The van der Waals surface area contributed by atoms with Crippen molar-refractivity contribution in [2.45, 2.75) is 0 Å². The largest absolute Gasteiger partial charge is 0.504 e. The Balaban J connectivity index is 2.65. The van der Waals surface area contributed by atoms with E-state index in [1.807, 2.05) is 0 Å². The average molecular weight is 275 g/mol. The Morgan fingerprint density at radius 1 is 0.750 bits per heavy atom. The maximum atomic E-state index is 12.3. The van der Waals surface area contributed by atoms with Crippen molar-refractivity contribution in [3.05, 3.63) is 28.4 Å². The first-order valence-corrected chi connectivity index (χ1v) is 5.56. The van der Waals surface area contributed by atoms with Gasteiger partial charge in [0.05, 0.1) is 21.8 Å². The highest BCUT2D eigenvalue weighted by molar-refractivity contribution is 5.99. The van der Waals surface area contributed by atoms with E-state index in [2.05, 4.69) is 4.98 Å². The van der Waals surface area contributed by atoms with Gasteiger partial charge in [0.25, 0.3) is 0 Å². The van der Waals surface area contributed by atoms with E-state index in [4.69, 9.17) is 0 Å². The Morgan fingerprint density at radius 2 is 1.40 bits per heavy atom. The maximum absolute atomic E-state index is 12.3. The summed E-state index contributed by atoms with van der Waals surface area (Å²) >= 11 is 0. The smallest absolute Gasteiger partial charge is 0.202 e. The van der Waals surface area contributed by atoms with Gasteiger partial charge in [0, 0.05) is 0 Å². The second-order valence-electron chi connectivity index (χ2n) is 4.33. The Bertz CT molecular complexity index is 928. The number of benzene rings is 2. The first kappa shape index (κ1) is 12.0. The van der Waals surface area contributed by atoms with Crippen LogP contribution in [0.5, 0.6) is 28.7 Å². The number of aromatic hydroxyl groups is 5. The van der Waals surface area contributed by atoms with Gasteiger partial charge in [-0.2, -0.15) is 0 Å². The van der Waals surface area contributed by atoms with Crippen molar-refractivity contribution in [1.82, 2.24) is 4.98 Å². The van der Waals surface area contributed by atoms with Crippen molar-refractivity contribution >= 4 is 21.8 Å². The van der Waals surface area contributed by atoms with Crippen LogP contribution in [0.4, 0.5) is 0 Å². The highest BCUT2D eigenvalue weighted by atomic mass is 16.3. The average Bonchev–Trinajstić information content (AvgIpc) is 2.42. The van der Waals surface area contributed by atoms with E-state index in [0.29, 0.717) is 0 Å². The molecule has 2 aromatic carbocycles. The zero-order valence-corrected chi connectivity index (χ0v) is 9.88. The summed E-state index contributed by atoms with van der Waals surface area (Å²) in [4.78, 5) is 14.8. The van der Waals surface area contributed by atoms with E-state index in [1.54, 1.807) is 0 Å². The lowest BCUT2D eigenvalue weighted by Gasteiger charge is -2.09. The molecule has 0 aliphatic heterocycles. The predicted octanol–water partition coefficient (Wildman–Crippen LogP) is 1.21. The van der Waals surface area contributed by atoms with Crippen LogP contribution in [0.15, 0.2) is 23.0 Å². The third-order valence-corrected chi connectivity index (χ3v) is 3.15. The molecule has 1 aromatic heterocycles. The number of hydrogen-bond acceptors (Lipinski definition) is 6. The fourth-order valence-corrected chi connectivity index (χ4v) is 2.12. The molecular weight excluding hydrogens is 266 g/mol. The van der Waals surface area contributed by atoms with E-state index in [1.165, 1.54) is 6.07 Å². The van der Waals surface area contributed by atoms with Gasteiger partial charge in [0.15, 0.2) is 28.4 Å². The Hall–Kier alpha value is -3.09. The third-order valence-electron chi connectivity index (χ3n) is 3.15. The molecule has 0 fully saturated rings. The highest BCUT2D eigenvalue weighted by Crippen LogP contribution is 2.41. The van der Waals surface area contributed by atoms with Crippen LogP contribution in [0.1, 0.15) is 0 Å². The van der Waals surface area contributed by atoms with Gasteiger partial charge in [-0.25, -0.2) is 0 Å². The quantitative estimate of drug-likeness (QED) is 0.270. The van der Waals surface area contributed by atoms with Crippen molar-refractivity contribution in [3.63, 3.8) is 0 Å². The summed E-state index contributed by atoms with van der Waals surface area (Å²) in [5, 5.41) is 47.8. The number of aromatic nitrogens is 1. The highest BCUT2D eigenvalue weighted by Gasteiger charge is 2.17. The molecule has 0 saturated carbocycles. The zero-order chi connectivity index (χ0) is 14.6. The van der Waals surface area contributed by atoms with Crippen LogP contribution in [0.2, 0.25) is 0 Å². The summed E-state index contributed by atoms with van der Waals surface area (Å²) < 4.78 is 0. The molecular formula is C13H9NO6. The van der Waals surface area contributed by atoms with Gasteiger partial charge >= 0.3 is 0 Å². The number of nitrogens with one attached hydrogen (secondary N) is 1. The van der Waals surface area contributed by atoms with Crippen LogP contribution in [-0.2, 0) is 0 Å². The van der Waals surface area contributed by atoms with Gasteiger partial charge in [-0.3, -0.25) is 4.79 Å². The minimum atomic E-state index is -0.785. The maximum Gasteiger partial charge on any atom is 0.202 e. The van der Waals surface area contributed by atoms with Gasteiger partial charge in [-0.05, 0) is 18.2 Å². The molecule has 0 atom stereocenters. The molecule has 0 radical (unpaired) electrons. The topological polar surface area (TPSA) is 134 Å². The van der Waals surface area contributed by atoms with Gasteiger partial charge in [0.1, 0.15) is 0 Å². The van der Waals surface area contributed by atoms with Crippen molar-refractivity contribution in [3.8, 4) is 28.7 Å². The standard InChI is InChI=1S/C13H9NO6/c15-6-2-1-4-8(11(6)18)14-9-5(10(4)17)3-7(16)12(19)13(9)20/h1-3,15-16,18-20H,(H,14,17). The fraction of sp³-hybridized carbons (Fsp3) is 0.